The van der Waals surface area contributed by atoms with Crippen LogP contribution < -0.4 is 10.2 Å². The fourth-order valence-corrected chi connectivity index (χ4v) is 3.54. The molecule has 0 saturated heterocycles. The number of nitrogens with one attached hydrogen (secondary N) is 1. The van der Waals surface area contributed by atoms with Gasteiger partial charge in [0, 0.05) is 31.6 Å². The molecule has 0 bridgehead atoms. The molecule has 1 aromatic carbocycles. The van der Waals surface area contributed by atoms with E-state index in [0.717, 1.165) is 55.4 Å². The smallest absolute Gasteiger partial charge is 0.136 e. The maximum Gasteiger partial charge on any atom is 0.136 e. The van der Waals surface area contributed by atoms with Crippen LogP contribution in [0.5, 0.6) is 0 Å². The molecule has 1 saturated carbocycles. The Morgan fingerprint density at radius 2 is 2.00 bits per heavy atom. The summed E-state index contributed by atoms with van der Waals surface area (Å²) >= 11 is 0. The Morgan fingerprint density at radius 1 is 1.19 bits per heavy atom. The maximum atomic E-state index is 10.3. The average molecular weight is 368 g/mol. The lowest BCUT2D eigenvalue weighted by Gasteiger charge is -2.31. The van der Waals surface area contributed by atoms with Gasteiger partial charge in [-0.05, 0) is 49.8 Å². The number of fused-ring (bicyclic) bond motifs is 1. The standard InChI is InChI=1S/C21H28N4O2/c1-21(2,27)17-6-5-16-13-25(9-7-15(16)11-17)19-12-18(22-8-10-26)23-20(24-19)14-3-4-14/h5-6,11-12,14,26-27H,3-4,7-10,13H2,1-2H3,(H,22,23,24). The van der Waals surface area contributed by atoms with E-state index in [-0.39, 0.29) is 6.61 Å². The number of aliphatic hydroxyl groups is 2. The van der Waals surface area contributed by atoms with Crippen LogP contribution in [0.4, 0.5) is 11.6 Å². The Balaban J connectivity index is 1.58. The Kier molecular flexibility index (Phi) is 4.78. The summed E-state index contributed by atoms with van der Waals surface area (Å²) in [5, 5.41) is 22.5. The number of hydrogen-bond donors (Lipinski definition) is 3. The van der Waals surface area contributed by atoms with Gasteiger partial charge in [-0.3, -0.25) is 0 Å². The van der Waals surface area contributed by atoms with E-state index in [4.69, 9.17) is 10.1 Å². The number of hydrogen-bond acceptors (Lipinski definition) is 6. The molecular formula is C21H28N4O2. The largest absolute Gasteiger partial charge is 0.395 e. The fraction of sp³-hybridized carbons (Fsp3) is 0.524. The lowest BCUT2D eigenvalue weighted by atomic mass is 9.91. The summed E-state index contributed by atoms with van der Waals surface area (Å²) in [6, 6.07) is 8.27. The summed E-state index contributed by atoms with van der Waals surface area (Å²) in [6.45, 7) is 5.92. The summed E-state index contributed by atoms with van der Waals surface area (Å²) in [5.74, 6) is 3.13. The van der Waals surface area contributed by atoms with Crippen LogP contribution in [-0.2, 0) is 18.6 Å². The van der Waals surface area contributed by atoms with Crippen LogP contribution in [0, 0.1) is 0 Å². The second-order valence-corrected chi connectivity index (χ2v) is 8.11. The van der Waals surface area contributed by atoms with Crippen LogP contribution >= 0.6 is 0 Å². The zero-order valence-corrected chi connectivity index (χ0v) is 16.1. The molecule has 1 aliphatic carbocycles. The van der Waals surface area contributed by atoms with Crippen molar-refractivity contribution in [3.8, 4) is 0 Å². The van der Waals surface area contributed by atoms with Crippen molar-refractivity contribution in [1.29, 1.82) is 0 Å². The predicted molar refractivity (Wildman–Crippen MR) is 106 cm³/mol. The third-order valence-electron chi connectivity index (χ3n) is 5.34. The van der Waals surface area contributed by atoms with Gasteiger partial charge in [-0.2, -0.15) is 0 Å². The monoisotopic (exact) mass is 368 g/mol. The maximum absolute atomic E-state index is 10.3. The van der Waals surface area contributed by atoms with Crippen LogP contribution in [0.15, 0.2) is 24.3 Å². The zero-order valence-electron chi connectivity index (χ0n) is 16.1. The van der Waals surface area contributed by atoms with E-state index in [1.165, 1.54) is 11.1 Å². The SMILES string of the molecule is CC(C)(O)c1ccc2c(c1)CCN(c1cc(NCCO)nc(C3CC3)n1)C2. The predicted octanol–water partition coefficient (Wildman–Crippen LogP) is 2.55. The fourth-order valence-electron chi connectivity index (χ4n) is 3.54. The van der Waals surface area contributed by atoms with Gasteiger partial charge in [-0.1, -0.05) is 18.2 Å². The first-order valence-electron chi connectivity index (χ1n) is 9.77. The molecule has 3 N–H and O–H groups in total. The van der Waals surface area contributed by atoms with Gasteiger partial charge in [0.2, 0.25) is 0 Å². The number of aromatic nitrogens is 2. The van der Waals surface area contributed by atoms with Crippen molar-refractivity contribution in [2.45, 2.75) is 51.2 Å². The Labute approximate surface area is 160 Å². The molecule has 0 unspecified atom stereocenters. The van der Waals surface area contributed by atoms with Crippen LogP contribution in [0.2, 0.25) is 0 Å². The molecule has 0 radical (unpaired) electrons. The molecule has 0 atom stereocenters. The number of rotatable bonds is 6. The minimum Gasteiger partial charge on any atom is -0.395 e. The third-order valence-corrected chi connectivity index (χ3v) is 5.34. The summed E-state index contributed by atoms with van der Waals surface area (Å²) in [7, 11) is 0. The van der Waals surface area contributed by atoms with Crippen molar-refractivity contribution in [2.75, 3.05) is 29.9 Å². The van der Waals surface area contributed by atoms with Crippen molar-refractivity contribution in [3.63, 3.8) is 0 Å². The topological polar surface area (TPSA) is 81.5 Å². The van der Waals surface area contributed by atoms with Gasteiger partial charge < -0.3 is 20.4 Å². The first kappa shape index (κ1) is 18.2. The number of nitrogens with zero attached hydrogens (tertiary/aromatic N) is 3. The molecule has 6 nitrogen and oxygen atoms in total. The highest BCUT2D eigenvalue weighted by atomic mass is 16.3. The Hall–Kier alpha value is -2.18. The Morgan fingerprint density at radius 3 is 2.70 bits per heavy atom. The number of anilines is 2. The van der Waals surface area contributed by atoms with Gasteiger partial charge in [-0.15, -0.1) is 0 Å². The minimum atomic E-state index is -0.814. The average Bonchev–Trinajstić information content (AvgIpc) is 3.50. The normalized spacial score (nSPS) is 17.0. The highest BCUT2D eigenvalue weighted by Crippen LogP contribution is 2.39. The van der Waals surface area contributed by atoms with Crippen molar-refractivity contribution >= 4 is 11.6 Å². The lowest BCUT2D eigenvalue weighted by Crippen LogP contribution is -2.32. The lowest BCUT2D eigenvalue weighted by molar-refractivity contribution is 0.0785. The first-order valence-corrected chi connectivity index (χ1v) is 9.77. The second kappa shape index (κ2) is 7.09. The molecule has 1 aliphatic heterocycles. The molecular weight excluding hydrogens is 340 g/mol. The highest BCUT2D eigenvalue weighted by molar-refractivity contribution is 5.52. The molecule has 2 heterocycles. The first-order chi connectivity index (χ1) is 12.9. The molecule has 27 heavy (non-hydrogen) atoms. The van der Waals surface area contributed by atoms with Crippen molar-refractivity contribution in [1.82, 2.24) is 9.97 Å². The van der Waals surface area contributed by atoms with Gasteiger partial charge in [0.15, 0.2) is 0 Å². The molecule has 6 heteroatoms. The van der Waals surface area contributed by atoms with E-state index in [2.05, 4.69) is 27.3 Å². The van der Waals surface area contributed by atoms with E-state index in [1.54, 1.807) is 0 Å². The van der Waals surface area contributed by atoms with Gasteiger partial charge in [0.25, 0.3) is 0 Å². The molecule has 0 spiro atoms. The van der Waals surface area contributed by atoms with Gasteiger partial charge >= 0.3 is 0 Å². The summed E-state index contributed by atoms with van der Waals surface area (Å²) in [4.78, 5) is 11.7. The number of aliphatic hydroxyl groups excluding tert-OH is 1. The molecule has 0 amide bonds. The van der Waals surface area contributed by atoms with Crippen molar-refractivity contribution < 1.29 is 10.2 Å². The van der Waals surface area contributed by atoms with Crippen LogP contribution in [0.1, 0.15) is 55.1 Å². The molecule has 1 aromatic heterocycles. The minimum absolute atomic E-state index is 0.0821. The number of benzene rings is 1. The van der Waals surface area contributed by atoms with E-state index in [1.807, 2.05) is 26.0 Å². The third kappa shape index (κ3) is 4.06. The van der Waals surface area contributed by atoms with Crippen molar-refractivity contribution in [2.24, 2.45) is 0 Å². The molecule has 1 fully saturated rings. The van der Waals surface area contributed by atoms with E-state index in [0.29, 0.717) is 12.5 Å². The van der Waals surface area contributed by atoms with Gasteiger partial charge in [0.1, 0.15) is 17.5 Å². The van der Waals surface area contributed by atoms with Gasteiger partial charge in [-0.25, -0.2) is 9.97 Å². The Bertz CT molecular complexity index is 827. The second-order valence-electron chi connectivity index (χ2n) is 8.11. The van der Waals surface area contributed by atoms with E-state index < -0.39 is 5.60 Å². The molecule has 4 rings (SSSR count). The van der Waals surface area contributed by atoms with E-state index in [9.17, 15) is 5.11 Å². The summed E-state index contributed by atoms with van der Waals surface area (Å²) in [6.07, 6.45) is 3.25. The van der Waals surface area contributed by atoms with Gasteiger partial charge in [0.05, 0.1) is 12.2 Å². The zero-order chi connectivity index (χ0) is 19.0. The summed E-state index contributed by atoms with van der Waals surface area (Å²) in [5.41, 5.74) is 2.74. The van der Waals surface area contributed by atoms with Crippen LogP contribution in [0.25, 0.3) is 0 Å². The quantitative estimate of drug-likeness (QED) is 0.727. The van der Waals surface area contributed by atoms with Crippen LogP contribution in [0.3, 0.4) is 0 Å². The highest BCUT2D eigenvalue weighted by Gasteiger charge is 2.29. The van der Waals surface area contributed by atoms with E-state index >= 15 is 0 Å². The van der Waals surface area contributed by atoms with Crippen LogP contribution in [-0.4, -0.2) is 39.9 Å². The molecule has 2 aliphatic rings. The molecule has 2 aromatic rings. The summed E-state index contributed by atoms with van der Waals surface area (Å²) < 4.78 is 0. The molecule has 144 valence electrons. The van der Waals surface area contributed by atoms with Crippen molar-refractivity contribution in [3.05, 3.63) is 46.8 Å².